The fourth-order valence-corrected chi connectivity index (χ4v) is 2.17. The van der Waals surface area contributed by atoms with E-state index in [0.717, 1.165) is 12.1 Å². The van der Waals surface area contributed by atoms with Gasteiger partial charge in [-0.3, -0.25) is 4.79 Å². The van der Waals surface area contributed by atoms with Crippen LogP contribution in [0.15, 0.2) is 18.2 Å². The highest BCUT2D eigenvalue weighted by Crippen LogP contribution is 2.17. The second kappa shape index (κ2) is 5.63. The van der Waals surface area contributed by atoms with E-state index in [2.05, 4.69) is 0 Å². The van der Waals surface area contributed by atoms with Crippen molar-refractivity contribution in [3.8, 4) is 0 Å². The van der Waals surface area contributed by atoms with E-state index in [1.165, 1.54) is 4.90 Å². The number of nitrogens with zero attached hydrogens (tertiary/aromatic N) is 1. The van der Waals surface area contributed by atoms with Gasteiger partial charge in [-0.25, -0.2) is 8.78 Å². The Labute approximate surface area is 110 Å². The molecule has 1 fully saturated rings. The first-order chi connectivity index (χ1) is 9.01. The van der Waals surface area contributed by atoms with E-state index in [1.54, 1.807) is 0 Å². The van der Waals surface area contributed by atoms with Gasteiger partial charge in [0.2, 0.25) is 0 Å². The Balaban J connectivity index is 2.18. The first kappa shape index (κ1) is 13.9. The average Bonchev–Trinajstić information content (AvgIpc) is 2.37. The van der Waals surface area contributed by atoms with Crippen LogP contribution in [0.5, 0.6) is 0 Å². The van der Waals surface area contributed by atoms with Crippen molar-refractivity contribution in [3.63, 3.8) is 0 Å². The van der Waals surface area contributed by atoms with Crippen molar-refractivity contribution < 1.29 is 18.3 Å². The molecule has 6 heteroatoms. The third-order valence-electron chi connectivity index (χ3n) is 3.04. The number of hydrogen-bond donors (Lipinski definition) is 1. The summed E-state index contributed by atoms with van der Waals surface area (Å²) >= 11 is 0. The molecule has 0 spiro atoms. The predicted molar refractivity (Wildman–Crippen MR) is 65.7 cm³/mol. The Morgan fingerprint density at radius 2 is 2.21 bits per heavy atom. The lowest BCUT2D eigenvalue weighted by Crippen LogP contribution is -2.51. The van der Waals surface area contributed by atoms with Gasteiger partial charge in [0.15, 0.2) is 0 Å². The van der Waals surface area contributed by atoms with Gasteiger partial charge in [-0.15, -0.1) is 0 Å². The van der Waals surface area contributed by atoms with Gasteiger partial charge in [-0.05, 0) is 19.1 Å². The first-order valence-electron chi connectivity index (χ1n) is 6.11. The Bertz CT molecular complexity index is 482. The van der Waals surface area contributed by atoms with E-state index < -0.39 is 17.5 Å². The molecule has 2 atom stereocenters. The van der Waals surface area contributed by atoms with Crippen molar-refractivity contribution >= 4 is 5.91 Å². The second-order valence-electron chi connectivity index (χ2n) is 4.64. The number of morpholine rings is 1. The monoisotopic (exact) mass is 270 g/mol. The summed E-state index contributed by atoms with van der Waals surface area (Å²) in [5.74, 6) is -2.02. The van der Waals surface area contributed by atoms with Crippen molar-refractivity contribution in [3.05, 3.63) is 35.4 Å². The van der Waals surface area contributed by atoms with Gasteiger partial charge in [0.1, 0.15) is 11.6 Å². The number of nitrogens with two attached hydrogens (primary N) is 1. The van der Waals surface area contributed by atoms with Crippen molar-refractivity contribution in [2.45, 2.75) is 19.1 Å². The molecule has 2 unspecified atom stereocenters. The molecule has 0 radical (unpaired) electrons. The number of benzene rings is 1. The summed E-state index contributed by atoms with van der Waals surface area (Å²) in [6.45, 7) is 2.80. The normalized spacial score (nSPS) is 23.5. The van der Waals surface area contributed by atoms with E-state index in [4.69, 9.17) is 10.5 Å². The molecule has 0 aliphatic carbocycles. The molecule has 1 aliphatic heterocycles. The molecule has 19 heavy (non-hydrogen) atoms. The zero-order chi connectivity index (χ0) is 14.0. The maximum atomic E-state index is 13.6. The summed E-state index contributed by atoms with van der Waals surface area (Å²) in [5, 5.41) is 0. The van der Waals surface area contributed by atoms with Crippen LogP contribution in [0, 0.1) is 11.6 Å². The molecule has 1 aliphatic rings. The van der Waals surface area contributed by atoms with E-state index in [1.807, 2.05) is 6.92 Å². The summed E-state index contributed by atoms with van der Waals surface area (Å²) < 4.78 is 31.9. The third-order valence-corrected chi connectivity index (χ3v) is 3.04. The van der Waals surface area contributed by atoms with Crippen LogP contribution < -0.4 is 5.73 Å². The summed E-state index contributed by atoms with van der Waals surface area (Å²) in [6.07, 6.45) is -0.411. The van der Waals surface area contributed by atoms with E-state index in [9.17, 15) is 13.6 Å². The van der Waals surface area contributed by atoms with Gasteiger partial charge >= 0.3 is 0 Å². The van der Waals surface area contributed by atoms with Crippen LogP contribution in [0.2, 0.25) is 0 Å². The van der Waals surface area contributed by atoms with Crippen molar-refractivity contribution in [2.75, 3.05) is 19.6 Å². The summed E-state index contributed by atoms with van der Waals surface area (Å²) in [5.41, 5.74) is 5.40. The molecule has 1 aromatic carbocycles. The van der Waals surface area contributed by atoms with Crippen molar-refractivity contribution in [1.82, 2.24) is 4.90 Å². The summed E-state index contributed by atoms with van der Waals surface area (Å²) in [7, 11) is 0. The average molecular weight is 270 g/mol. The Morgan fingerprint density at radius 1 is 1.47 bits per heavy atom. The molecule has 4 nitrogen and oxygen atoms in total. The number of hydrogen-bond acceptors (Lipinski definition) is 3. The topological polar surface area (TPSA) is 55.6 Å². The Morgan fingerprint density at radius 3 is 2.84 bits per heavy atom. The zero-order valence-corrected chi connectivity index (χ0v) is 10.6. The lowest BCUT2D eigenvalue weighted by Gasteiger charge is -2.36. The number of halogens is 2. The molecular weight excluding hydrogens is 254 g/mol. The highest BCUT2D eigenvalue weighted by molar-refractivity contribution is 5.94. The highest BCUT2D eigenvalue weighted by atomic mass is 19.1. The molecule has 0 saturated carbocycles. The molecule has 104 valence electrons. The number of amides is 1. The molecule has 1 amide bonds. The summed E-state index contributed by atoms with van der Waals surface area (Å²) in [6, 6.07) is 2.93. The number of carbonyl (C=O) groups excluding carboxylic acids is 1. The molecule has 2 N–H and O–H groups in total. The van der Waals surface area contributed by atoms with Crippen molar-refractivity contribution in [2.24, 2.45) is 5.73 Å². The number of carbonyl (C=O) groups is 1. The standard InChI is InChI=1S/C13H16F2N2O2/c1-8-6-17(7-10(5-16)19-8)13(18)11-3-2-9(14)4-12(11)15/h2-4,8,10H,5-7,16H2,1H3. The third kappa shape index (κ3) is 3.08. The lowest BCUT2D eigenvalue weighted by atomic mass is 10.1. The van der Waals surface area contributed by atoms with E-state index in [-0.39, 0.29) is 17.8 Å². The van der Waals surface area contributed by atoms with Gasteiger partial charge in [0.05, 0.1) is 17.8 Å². The molecule has 1 heterocycles. The maximum Gasteiger partial charge on any atom is 0.257 e. The SMILES string of the molecule is CC1CN(C(=O)c2ccc(F)cc2F)CC(CN)O1. The molecule has 0 aromatic heterocycles. The Kier molecular flexibility index (Phi) is 4.11. The van der Waals surface area contributed by atoms with Gasteiger partial charge < -0.3 is 15.4 Å². The molecule has 0 bridgehead atoms. The van der Waals surface area contributed by atoms with Crippen LogP contribution in [0.4, 0.5) is 8.78 Å². The van der Waals surface area contributed by atoms with Crippen molar-refractivity contribution in [1.29, 1.82) is 0 Å². The summed E-state index contributed by atoms with van der Waals surface area (Å²) in [4.78, 5) is 13.7. The van der Waals surface area contributed by atoms with Crippen LogP contribution in [0.1, 0.15) is 17.3 Å². The second-order valence-corrected chi connectivity index (χ2v) is 4.64. The quantitative estimate of drug-likeness (QED) is 0.877. The van der Waals surface area contributed by atoms with Gasteiger partial charge in [0, 0.05) is 25.7 Å². The van der Waals surface area contributed by atoms with Crippen LogP contribution in [-0.4, -0.2) is 42.6 Å². The lowest BCUT2D eigenvalue weighted by molar-refractivity contribution is -0.0626. The van der Waals surface area contributed by atoms with Gasteiger partial charge in [-0.1, -0.05) is 0 Å². The smallest absolute Gasteiger partial charge is 0.257 e. The molecule has 1 aromatic rings. The van der Waals surface area contributed by atoms with Gasteiger partial charge in [-0.2, -0.15) is 0 Å². The number of ether oxygens (including phenoxy) is 1. The van der Waals surface area contributed by atoms with Gasteiger partial charge in [0.25, 0.3) is 5.91 Å². The number of rotatable bonds is 2. The van der Waals surface area contributed by atoms with E-state index >= 15 is 0 Å². The van der Waals surface area contributed by atoms with Crippen LogP contribution >= 0.6 is 0 Å². The van der Waals surface area contributed by atoms with E-state index in [0.29, 0.717) is 25.7 Å². The molecule has 2 rings (SSSR count). The minimum atomic E-state index is -0.853. The van der Waals surface area contributed by atoms with Crippen LogP contribution in [-0.2, 0) is 4.74 Å². The first-order valence-corrected chi connectivity index (χ1v) is 6.11. The maximum absolute atomic E-state index is 13.6. The fraction of sp³-hybridized carbons (Fsp3) is 0.462. The highest BCUT2D eigenvalue weighted by Gasteiger charge is 2.29. The zero-order valence-electron chi connectivity index (χ0n) is 10.6. The molecule has 1 saturated heterocycles. The van der Waals surface area contributed by atoms with Crippen LogP contribution in [0.25, 0.3) is 0 Å². The van der Waals surface area contributed by atoms with Crippen LogP contribution in [0.3, 0.4) is 0 Å². The predicted octanol–water partition coefficient (Wildman–Crippen LogP) is 1.15. The minimum absolute atomic E-state index is 0.133. The minimum Gasteiger partial charge on any atom is -0.370 e. The fourth-order valence-electron chi connectivity index (χ4n) is 2.17. The Hall–Kier alpha value is -1.53. The largest absolute Gasteiger partial charge is 0.370 e. The molecular formula is C13H16F2N2O2.